The number of rotatable bonds is 3. The van der Waals surface area contributed by atoms with Crippen LogP contribution < -0.4 is 0 Å². The van der Waals surface area contributed by atoms with Gasteiger partial charge in [-0.3, -0.25) is 14.8 Å². The molecular weight excluding hydrogens is 358 g/mol. The standard InChI is InChI=1S/C20H17N5O3/c26-20(14-1-2-16-17(11-14)22-7-6-21-16)25-8-3-13(4-9-25)18-23-24-19(28-18)15-5-10-27-12-15/h1-2,5-7,10-13H,3-4,8-9H2. The van der Waals surface area contributed by atoms with Gasteiger partial charge < -0.3 is 13.7 Å². The molecule has 8 nitrogen and oxygen atoms in total. The first-order chi connectivity index (χ1) is 13.8. The zero-order valence-corrected chi connectivity index (χ0v) is 15.0. The Morgan fingerprint density at radius 1 is 1.04 bits per heavy atom. The maximum atomic E-state index is 12.9. The van der Waals surface area contributed by atoms with Crippen LogP contribution in [0.2, 0.25) is 0 Å². The van der Waals surface area contributed by atoms with Gasteiger partial charge in [-0.15, -0.1) is 10.2 Å². The van der Waals surface area contributed by atoms with E-state index in [-0.39, 0.29) is 11.8 Å². The Labute approximate surface area is 160 Å². The predicted molar refractivity (Wildman–Crippen MR) is 99.4 cm³/mol. The molecule has 4 heterocycles. The van der Waals surface area contributed by atoms with Crippen molar-refractivity contribution in [2.75, 3.05) is 13.1 Å². The van der Waals surface area contributed by atoms with Crippen molar-refractivity contribution in [2.45, 2.75) is 18.8 Å². The van der Waals surface area contributed by atoms with Gasteiger partial charge in [0.25, 0.3) is 11.8 Å². The normalized spacial score (nSPS) is 15.2. The van der Waals surface area contributed by atoms with Gasteiger partial charge in [0, 0.05) is 37.0 Å². The summed E-state index contributed by atoms with van der Waals surface area (Å²) < 4.78 is 10.8. The molecule has 28 heavy (non-hydrogen) atoms. The van der Waals surface area contributed by atoms with E-state index in [9.17, 15) is 4.79 Å². The third-order valence-electron chi connectivity index (χ3n) is 5.06. The summed E-state index contributed by atoms with van der Waals surface area (Å²) in [7, 11) is 0. The zero-order valence-electron chi connectivity index (χ0n) is 15.0. The van der Waals surface area contributed by atoms with Gasteiger partial charge in [0.2, 0.25) is 5.89 Å². The van der Waals surface area contributed by atoms with E-state index in [2.05, 4.69) is 20.2 Å². The van der Waals surface area contributed by atoms with Gasteiger partial charge in [-0.25, -0.2) is 0 Å². The fourth-order valence-corrected chi connectivity index (χ4v) is 3.51. The summed E-state index contributed by atoms with van der Waals surface area (Å²) in [5.74, 6) is 1.24. The molecule has 0 aliphatic carbocycles. The van der Waals surface area contributed by atoms with E-state index in [1.807, 2.05) is 11.0 Å². The first-order valence-electron chi connectivity index (χ1n) is 9.14. The van der Waals surface area contributed by atoms with Crippen LogP contribution in [0.15, 0.2) is 58.0 Å². The van der Waals surface area contributed by atoms with Crippen LogP contribution in [-0.4, -0.2) is 44.1 Å². The lowest BCUT2D eigenvalue weighted by atomic mass is 9.96. The average molecular weight is 375 g/mol. The lowest BCUT2D eigenvalue weighted by molar-refractivity contribution is 0.0706. The molecule has 3 aromatic heterocycles. The molecule has 1 aliphatic heterocycles. The van der Waals surface area contributed by atoms with E-state index < -0.39 is 0 Å². The molecule has 5 rings (SSSR count). The Balaban J connectivity index is 1.27. The largest absolute Gasteiger partial charge is 0.472 e. The van der Waals surface area contributed by atoms with Gasteiger partial charge >= 0.3 is 0 Å². The maximum Gasteiger partial charge on any atom is 0.253 e. The lowest BCUT2D eigenvalue weighted by Crippen LogP contribution is -2.38. The van der Waals surface area contributed by atoms with Crippen LogP contribution in [0.25, 0.3) is 22.5 Å². The number of furan rings is 1. The Morgan fingerprint density at radius 2 is 1.86 bits per heavy atom. The monoisotopic (exact) mass is 375 g/mol. The van der Waals surface area contributed by atoms with Crippen molar-refractivity contribution in [3.8, 4) is 11.5 Å². The molecule has 1 fully saturated rings. The number of amides is 1. The van der Waals surface area contributed by atoms with Crippen LogP contribution >= 0.6 is 0 Å². The summed E-state index contributed by atoms with van der Waals surface area (Å²) in [5.41, 5.74) is 2.90. The van der Waals surface area contributed by atoms with Crippen LogP contribution in [0.5, 0.6) is 0 Å². The second-order valence-corrected chi connectivity index (χ2v) is 6.78. The van der Waals surface area contributed by atoms with E-state index in [1.165, 1.54) is 0 Å². The second kappa shape index (κ2) is 6.88. The van der Waals surface area contributed by atoms with Gasteiger partial charge in [-0.2, -0.15) is 0 Å². The highest BCUT2D eigenvalue weighted by molar-refractivity contribution is 5.97. The van der Waals surface area contributed by atoms with E-state index >= 15 is 0 Å². The molecule has 1 aromatic carbocycles. The number of carbonyl (C=O) groups is 1. The summed E-state index contributed by atoms with van der Waals surface area (Å²) in [4.78, 5) is 23.2. The predicted octanol–water partition coefficient (Wildman–Crippen LogP) is 3.29. The molecule has 4 aromatic rings. The summed E-state index contributed by atoms with van der Waals surface area (Å²) >= 11 is 0. The highest BCUT2D eigenvalue weighted by Gasteiger charge is 2.28. The number of hydrogen-bond donors (Lipinski definition) is 0. The fourth-order valence-electron chi connectivity index (χ4n) is 3.51. The number of piperidine rings is 1. The fraction of sp³-hybridized carbons (Fsp3) is 0.250. The van der Waals surface area contributed by atoms with Crippen molar-refractivity contribution >= 4 is 16.9 Å². The average Bonchev–Trinajstić information content (AvgIpc) is 3.45. The molecule has 0 spiro atoms. The minimum Gasteiger partial charge on any atom is -0.472 e. The van der Waals surface area contributed by atoms with Gasteiger partial charge in [0.1, 0.15) is 6.26 Å². The molecule has 8 heteroatoms. The van der Waals surface area contributed by atoms with Gasteiger partial charge in [0.15, 0.2) is 0 Å². The van der Waals surface area contributed by atoms with Gasteiger partial charge in [-0.1, -0.05) is 0 Å². The molecule has 1 aliphatic rings. The van der Waals surface area contributed by atoms with Crippen molar-refractivity contribution in [1.82, 2.24) is 25.1 Å². The number of benzene rings is 1. The topological polar surface area (TPSA) is 98.2 Å². The van der Waals surface area contributed by atoms with Crippen molar-refractivity contribution in [1.29, 1.82) is 0 Å². The third-order valence-corrected chi connectivity index (χ3v) is 5.06. The second-order valence-electron chi connectivity index (χ2n) is 6.78. The number of fused-ring (bicyclic) bond motifs is 1. The maximum absolute atomic E-state index is 12.9. The van der Waals surface area contributed by atoms with Crippen LogP contribution in [-0.2, 0) is 0 Å². The van der Waals surface area contributed by atoms with E-state index in [0.717, 1.165) is 29.4 Å². The molecule has 0 atom stereocenters. The molecule has 0 N–H and O–H groups in total. The highest BCUT2D eigenvalue weighted by Crippen LogP contribution is 2.30. The van der Waals surface area contributed by atoms with Crippen LogP contribution in [0.4, 0.5) is 0 Å². The molecule has 0 bridgehead atoms. The SMILES string of the molecule is O=C(c1ccc2nccnc2c1)N1CCC(c2nnc(-c3ccoc3)o2)CC1. The Kier molecular flexibility index (Phi) is 4.08. The lowest BCUT2D eigenvalue weighted by Gasteiger charge is -2.30. The van der Waals surface area contributed by atoms with Crippen LogP contribution in [0, 0.1) is 0 Å². The number of likely N-dealkylation sites (tertiary alicyclic amines) is 1. The minimum absolute atomic E-state index is 0.00983. The summed E-state index contributed by atoms with van der Waals surface area (Å²) in [6.45, 7) is 1.29. The Bertz CT molecular complexity index is 1110. The smallest absolute Gasteiger partial charge is 0.253 e. The van der Waals surface area contributed by atoms with Crippen molar-refractivity contribution < 1.29 is 13.6 Å². The quantitative estimate of drug-likeness (QED) is 0.542. The Morgan fingerprint density at radius 3 is 2.64 bits per heavy atom. The molecule has 0 unspecified atom stereocenters. The van der Waals surface area contributed by atoms with Crippen LogP contribution in [0.1, 0.15) is 35.0 Å². The van der Waals surface area contributed by atoms with Gasteiger partial charge in [0.05, 0.1) is 22.9 Å². The minimum atomic E-state index is 0.00983. The van der Waals surface area contributed by atoms with E-state index in [0.29, 0.717) is 30.4 Å². The highest BCUT2D eigenvalue weighted by atomic mass is 16.4. The molecule has 140 valence electrons. The van der Waals surface area contributed by atoms with Crippen molar-refractivity contribution in [2.24, 2.45) is 0 Å². The van der Waals surface area contributed by atoms with E-state index in [4.69, 9.17) is 8.83 Å². The molecular formula is C20H17N5O3. The number of aromatic nitrogens is 4. The number of carbonyl (C=O) groups excluding carboxylic acids is 1. The molecule has 0 radical (unpaired) electrons. The zero-order chi connectivity index (χ0) is 18.9. The molecule has 1 saturated heterocycles. The van der Waals surface area contributed by atoms with Crippen molar-refractivity contribution in [3.05, 3.63) is 60.6 Å². The third kappa shape index (κ3) is 3.02. The van der Waals surface area contributed by atoms with Crippen molar-refractivity contribution in [3.63, 3.8) is 0 Å². The number of nitrogens with zero attached hydrogens (tertiary/aromatic N) is 5. The van der Waals surface area contributed by atoms with Gasteiger partial charge in [-0.05, 0) is 37.1 Å². The first kappa shape index (κ1) is 16.6. The first-order valence-corrected chi connectivity index (χ1v) is 9.14. The summed E-state index contributed by atoms with van der Waals surface area (Å²) in [5, 5.41) is 8.28. The summed E-state index contributed by atoms with van der Waals surface area (Å²) in [6.07, 6.45) is 7.99. The van der Waals surface area contributed by atoms with Crippen LogP contribution in [0.3, 0.4) is 0 Å². The molecule has 0 saturated carbocycles. The summed E-state index contributed by atoms with van der Waals surface area (Å²) in [6, 6.07) is 7.22. The molecule has 1 amide bonds. The van der Waals surface area contributed by atoms with E-state index in [1.54, 1.807) is 43.1 Å². The Hall–Kier alpha value is -3.55. The number of hydrogen-bond acceptors (Lipinski definition) is 7.